The number of hydrogen-bond acceptors (Lipinski definition) is 6. The zero-order chi connectivity index (χ0) is 22.9. The molecule has 0 spiro atoms. The summed E-state index contributed by atoms with van der Waals surface area (Å²) in [5.74, 6) is 2.32. The van der Waals surface area contributed by atoms with Crippen LogP contribution >= 0.6 is 0 Å². The summed E-state index contributed by atoms with van der Waals surface area (Å²) < 4.78 is 11.0. The molecule has 1 saturated heterocycles. The van der Waals surface area contributed by atoms with Gasteiger partial charge in [-0.3, -0.25) is 9.69 Å². The number of para-hydroxylation sites is 2. The van der Waals surface area contributed by atoms with Crippen LogP contribution in [0, 0.1) is 0 Å². The number of carbonyl (C=O) groups is 1. The Morgan fingerprint density at radius 3 is 2.58 bits per heavy atom. The molecule has 0 aliphatic carbocycles. The van der Waals surface area contributed by atoms with E-state index in [1.165, 1.54) is 5.56 Å². The molecule has 1 N–H and O–H groups in total. The van der Waals surface area contributed by atoms with Crippen molar-refractivity contribution in [2.45, 2.75) is 13.0 Å². The highest BCUT2D eigenvalue weighted by Crippen LogP contribution is 2.21. The van der Waals surface area contributed by atoms with E-state index in [1.807, 2.05) is 54.6 Å². The van der Waals surface area contributed by atoms with Crippen molar-refractivity contribution in [1.82, 2.24) is 9.88 Å². The fourth-order valence-electron chi connectivity index (χ4n) is 3.94. The van der Waals surface area contributed by atoms with Gasteiger partial charge in [0.1, 0.15) is 17.3 Å². The van der Waals surface area contributed by atoms with Crippen LogP contribution in [0.1, 0.15) is 12.0 Å². The molecule has 7 nitrogen and oxygen atoms in total. The van der Waals surface area contributed by atoms with Crippen molar-refractivity contribution in [3.05, 3.63) is 78.5 Å². The van der Waals surface area contributed by atoms with Crippen molar-refractivity contribution in [3.8, 4) is 11.5 Å². The van der Waals surface area contributed by atoms with Gasteiger partial charge in [-0.05, 0) is 36.8 Å². The minimum Gasteiger partial charge on any atom is -0.496 e. The van der Waals surface area contributed by atoms with Crippen molar-refractivity contribution < 1.29 is 14.3 Å². The molecule has 1 fully saturated rings. The van der Waals surface area contributed by atoms with Gasteiger partial charge in [0, 0.05) is 38.3 Å². The van der Waals surface area contributed by atoms with Gasteiger partial charge in [-0.1, -0.05) is 36.4 Å². The fourth-order valence-corrected chi connectivity index (χ4v) is 3.94. The third-order valence-electron chi connectivity index (χ3n) is 5.64. The number of methoxy groups -OCH3 is 1. The fraction of sp³-hybridized carbons (Fsp3) is 0.308. The van der Waals surface area contributed by atoms with Crippen LogP contribution in [0.2, 0.25) is 0 Å². The number of carbonyl (C=O) groups excluding carboxylic acids is 1. The van der Waals surface area contributed by atoms with Gasteiger partial charge in [-0.25, -0.2) is 4.98 Å². The van der Waals surface area contributed by atoms with E-state index in [0.717, 1.165) is 50.7 Å². The second-order valence-corrected chi connectivity index (χ2v) is 7.98. The average molecular weight is 447 g/mol. The molecule has 7 heteroatoms. The predicted molar refractivity (Wildman–Crippen MR) is 130 cm³/mol. The summed E-state index contributed by atoms with van der Waals surface area (Å²) in [6.07, 6.45) is 2.76. The summed E-state index contributed by atoms with van der Waals surface area (Å²) in [5.41, 5.74) is 1.87. The van der Waals surface area contributed by atoms with E-state index < -0.39 is 0 Å². The summed E-state index contributed by atoms with van der Waals surface area (Å²) >= 11 is 0. The van der Waals surface area contributed by atoms with E-state index >= 15 is 0 Å². The highest BCUT2D eigenvalue weighted by Gasteiger charge is 2.17. The molecule has 1 aliphatic rings. The number of hydrogen-bond donors (Lipinski definition) is 1. The number of pyridine rings is 1. The standard InChI is InChI=1S/C26H30N4O3/c1-32-24-11-6-5-8-21(24)19-29-14-7-15-30(17-16-29)25-13-12-22(18-27-25)28-26(31)20-33-23-9-3-2-4-10-23/h2-6,8-13,18H,7,14-17,19-20H2,1H3,(H,28,31). The maximum Gasteiger partial charge on any atom is 0.262 e. The summed E-state index contributed by atoms with van der Waals surface area (Å²) in [7, 11) is 1.72. The summed E-state index contributed by atoms with van der Waals surface area (Å²) in [5, 5.41) is 2.83. The van der Waals surface area contributed by atoms with Crippen LogP contribution in [0.5, 0.6) is 11.5 Å². The van der Waals surface area contributed by atoms with E-state index in [0.29, 0.717) is 11.4 Å². The first-order valence-electron chi connectivity index (χ1n) is 11.2. The molecule has 0 unspecified atom stereocenters. The Labute approximate surface area is 195 Å². The summed E-state index contributed by atoms with van der Waals surface area (Å²) in [4.78, 5) is 21.5. The Bertz CT molecular complexity index is 1030. The SMILES string of the molecule is COc1ccccc1CN1CCCN(c2ccc(NC(=O)COc3ccccc3)cn2)CC1. The summed E-state index contributed by atoms with van der Waals surface area (Å²) in [6.45, 7) is 4.67. The highest BCUT2D eigenvalue weighted by atomic mass is 16.5. The third kappa shape index (κ3) is 6.46. The molecule has 0 radical (unpaired) electrons. The Hall–Kier alpha value is -3.58. The van der Waals surface area contributed by atoms with Gasteiger partial charge in [0.05, 0.1) is 19.0 Å². The molecular weight excluding hydrogens is 416 g/mol. The van der Waals surface area contributed by atoms with Crippen LogP contribution in [0.15, 0.2) is 72.9 Å². The van der Waals surface area contributed by atoms with Crippen LogP contribution < -0.4 is 19.7 Å². The third-order valence-corrected chi connectivity index (χ3v) is 5.64. The molecular formula is C26H30N4O3. The zero-order valence-electron chi connectivity index (χ0n) is 18.9. The van der Waals surface area contributed by atoms with Gasteiger partial charge < -0.3 is 19.7 Å². The van der Waals surface area contributed by atoms with Crippen molar-refractivity contribution in [1.29, 1.82) is 0 Å². The topological polar surface area (TPSA) is 66.9 Å². The molecule has 33 heavy (non-hydrogen) atoms. The maximum absolute atomic E-state index is 12.2. The van der Waals surface area contributed by atoms with Crippen molar-refractivity contribution in [2.24, 2.45) is 0 Å². The first kappa shape index (κ1) is 22.6. The molecule has 172 valence electrons. The van der Waals surface area contributed by atoms with E-state index in [2.05, 4.69) is 32.2 Å². The van der Waals surface area contributed by atoms with Crippen LogP contribution in [0.25, 0.3) is 0 Å². The number of nitrogens with one attached hydrogen (secondary N) is 1. The molecule has 0 atom stereocenters. The van der Waals surface area contributed by atoms with E-state index in [4.69, 9.17) is 9.47 Å². The molecule has 2 aromatic carbocycles. The number of anilines is 2. The van der Waals surface area contributed by atoms with Crippen molar-refractivity contribution in [2.75, 3.05) is 50.1 Å². The number of rotatable bonds is 8. The lowest BCUT2D eigenvalue weighted by Crippen LogP contribution is -2.31. The number of nitrogens with zero attached hydrogens (tertiary/aromatic N) is 3. The van der Waals surface area contributed by atoms with E-state index in [-0.39, 0.29) is 12.5 Å². The molecule has 1 aromatic heterocycles. The monoisotopic (exact) mass is 446 g/mol. The predicted octanol–water partition coefficient (Wildman–Crippen LogP) is 3.82. The van der Waals surface area contributed by atoms with Gasteiger partial charge in [-0.2, -0.15) is 0 Å². The number of ether oxygens (including phenoxy) is 2. The van der Waals surface area contributed by atoms with Gasteiger partial charge in [0.25, 0.3) is 5.91 Å². The van der Waals surface area contributed by atoms with Crippen LogP contribution in [0.4, 0.5) is 11.5 Å². The molecule has 2 heterocycles. The first-order valence-corrected chi connectivity index (χ1v) is 11.2. The minimum absolute atomic E-state index is 0.0417. The minimum atomic E-state index is -0.213. The Balaban J connectivity index is 1.27. The summed E-state index contributed by atoms with van der Waals surface area (Å²) in [6, 6.07) is 21.3. The zero-order valence-corrected chi connectivity index (χ0v) is 18.9. The lowest BCUT2D eigenvalue weighted by atomic mass is 10.2. The smallest absolute Gasteiger partial charge is 0.262 e. The molecule has 1 aliphatic heterocycles. The second-order valence-electron chi connectivity index (χ2n) is 7.98. The molecule has 0 saturated carbocycles. The maximum atomic E-state index is 12.2. The van der Waals surface area contributed by atoms with Gasteiger partial charge in [0.2, 0.25) is 0 Å². The Morgan fingerprint density at radius 2 is 1.79 bits per heavy atom. The number of amides is 1. The lowest BCUT2D eigenvalue weighted by molar-refractivity contribution is -0.118. The quantitative estimate of drug-likeness (QED) is 0.568. The second kappa shape index (κ2) is 11.3. The van der Waals surface area contributed by atoms with Crippen LogP contribution in [-0.2, 0) is 11.3 Å². The first-order chi connectivity index (χ1) is 16.2. The normalized spacial score (nSPS) is 14.4. The molecule has 4 rings (SSSR count). The Kier molecular flexibility index (Phi) is 7.76. The average Bonchev–Trinajstić information content (AvgIpc) is 3.10. The number of aromatic nitrogens is 1. The van der Waals surface area contributed by atoms with Crippen molar-refractivity contribution in [3.63, 3.8) is 0 Å². The largest absolute Gasteiger partial charge is 0.496 e. The molecule has 1 amide bonds. The van der Waals surface area contributed by atoms with Gasteiger partial charge in [0.15, 0.2) is 6.61 Å². The van der Waals surface area contributed by atoms with Gasteiger partial charge in [-0.15, -0.1) is 0 Å². The van der Waals surface area contributed by atoms with E-state index in [9.17, 15) is 4.79 Å². The van der Waals surface area contributed by atoms with Crippen LogP contribution in [-0.4, -0.2) is 55.7 Å². The van der Waals surface area contributed by atoms with Crippen LogP contribution in [0.3, 0.4) is 0 Å². The molecule has 0 bridgehead atoms. The number of benzene rings is 2. The van der Waals surface area contributed by atoms with Gasteiger partial charge >= 0.3 is 0 Å². The highest BCUT2D eigenvalue weighted by molar-refractivity contribution is 5.91. The van der Waals surface area contributed by atoms with Crippen molar-refractivity contribution >= 4 is 17.4 Å². The van der Waals surface area contributed by atoms with E-state index in [1.54, 1.807) is 13.3 Å². The molecule has 3 aromatic rings. The Morgan fingerprint density at radius 1 is 0.970 bits per heavy atom. The lowest BCUT2D eigenvalue weighted by Gasteiger charge is -2.23.